The Morgan fingerprint density at radius 3 is 2.65 bits per heavy atom. The van der Waals surface area contributed by atoms with Gasteiger partial charge in [-0.1, -0.05) is 45.9 Å². The molecule has 10 nitrogen and oxygen atoms in total. The monoisotopic (exact) mass is 706 g/mol. The Labute approximate surface area is 306 Å². The molecule has 6 N–H and O–H groups in total. The highest BCUT2D eigenvalue weighted by atomic mass is 16.7. The SMILES string of the molecule is CCN1CCC[C@@H]1CNCc1cc(-c2cccc(CN3O[C@@H](C[NH3+])[C@@H]([C@H](C)O)[C@H]3C(=O)N[C@H]3C[C@H]4C[C@@H]([C@@H]3C)C4(C)C)c2OC)cc(N(C)C)c1. The van der Waals surface area contributed by atoms with Crippen molar-refractivity contribution in [2.45, 2.75) is 104 Å². The van der Waals surface area contributed by atoms with Gasteiger partial charge in [0.25, 0.3) is 0 Å². The Kier molecular flexibility index (Phi) is 11.7. The molecule has 2 saturated heterocycles. The van der Waals surface area contributed by atoms with Gasteiger partial charge in [-0.25, -0.2) is 0 Å². The molecular weight excluding hydrogens is 640 g/mol. The maximum atomic E-state index is 14.3. The molecule has 0 spiro atoms. The number of anilines is 1. The van der Waals surface area contributed by atoms with E-state index in [0.29, 0.717) is 42.3 Å². The van der Waals surface area contributed by atoms with Crippen LogP contribution in [-0.4, -0.2) is 98.7 Å². The van der Waals surface area contributed by atoms with E-state index in [1.165, 1.54) is 31.4 Å². The number of para-hydroxylation sites is 1. The van der Waals surface area contributed by atoms with Crippen LogP contribution in [0.3, 0.4) is 0 Å². The number of amides is 1. The van der Waals surface area contributed by atoms with Crippen LogP contribution < -0.4 is 26.0 Å². The largest absolute Gasteiger partial charge is 0.496 e. The van der Waals surface area contributed by atoms with E-state index in [4.69, 9.17) is 9.57 Å². The highest BCUT2D eigenvalue weighted by molar-refractivity contribution is 5.83. The van der Waals surface area contributed by atoms with Gasteiger partial charge in [-0.2, -0.15) is 5.06 Å². The molecule has 3 saturated carbocycles. The number of hydrogen-bond donors (Lipinski definition) is 4. The topological polar surface area (TPSA) is 117 Å². The number of hydroxylamine groups is 2. The molecular formula is C41H65N6O4+. The number of likely N-dealkylation sites (N-methyl/N-ethyl adjacent to an activating group) is 1. The van der Waals surface area contributed by atoms with Gasteiger partial charge in [-0.3, -0.25) is 14.5 Å². The molecule has 51 heavy (non-hydrogen) atoms. The molecule has 2 aromatic rings. The van der Waals surface area contributed by atoms with E-state index < -0.39 is 18.1 Å². The van der Waals surface area contributed by atoms with E-state index in [2.05, 4.69) is 98.3 Å². The fourth-order valence-electron chi connectivity index (χ4n) is 10.0. The van der Waals surface area contributed by atoms with Crippen molar-refractivity contribution in [3.63, 3.8) is 0 Å². The van der Waals surface area contributed by atoms with Gasteiger partial charge in [0.05, 0.1) is 19.8 Å². The zero-order valence-corrected chi connectivity index (χ0v) is 32.5. The summed E-state index contributed by atoms with van der Waals surface area (Å²) in [5.41, 5.74) is 9.81. The van der Waals surface area contributed by atoms with E-state index in [-0.39, 0.29) is 18.1 Å². The molecule has 1 amide bonds. The van der Waals surface area contributed by atoms with Gasteiger partial charge in [0, 0.05) is 62.0 Å². The normalized spacial score (nSPS) is 30.9. The lowest BCUT2D eigenvalue weighted by Crippen LogP contribution is -2.63. The number of benzene rings is 2. The molecule has 7 rings (SSSR count). The number of carbonyl (C=O) groups excluding carboxylic acids is 1. The third-order valence-electron chi connectivity index (χ3n) is 13.2. The molecule has 5 aliphatic rings. The predicted octanol–water partition coefficient (Wildman–Crippen LogP) is 3.91. The van der Waals surface area contributed by atoms with Gasteiger partial charge in [0.1, 0.15) is 24.4 Å². The molecule has 10 heteroatoms. The number of methoxy groups -OCH3 is 1. The summed E-state index contributed by atoms with van der Waals surface area (Å²) in [7, 11) is 5.87. The van der Waals surface area contributed by atoms with Gasteiger partial charge in [-0.15, -0.1) is 0 Å². The van der Waals surface area contributed by atoms with E-state index in [1.54, 1.807) is 19.1 Å². The van der Waals surface area contributed by atoms with Crippen LogP contribution in [0.2, 0.25) is 0 Å². The van der Waals surface area contributed by atoms with Gasteiger partial charge < -0.3 is 31.1 Å². The summed E-state index contributed by atoms with van der Waals surface area (Å²) >= 11 is 0. The molecule has 0 radical (unpaired) electrons. The Morgan fingerprint density at radius 1 is 1.22 bits per heavy atom. The summed E-state index contributed by atoms with van der Waals surface area (Å²) in [4.78, 5) is 25.5. The van der Waals surface area contributed by atoms with E-state index in [0.717, 1.165) is 54.2 Å². The van der Waals surface area contributed by atoms with Crippen molar-refractivity contribution in [1.29, 1.82) is 0 Å². The zero-order chi connectivity index (χ0) is 36.6. The Balaban J connectivity index is 1.24. The van der Waals surface area contributed by atoms with Gasteiger partial charge in [0.15, 0.2) is 0 Å². The summed E-state index contributed by atoms with van der Waals surface area (Å²) in [6.07, 6.45) is 3.68. The number of carbonyl (C=O) groups is 1. The Morgan fingerprint density at radius 2 is 2.00 bits per heavy atom. The Bertz CT molecular complexity index is 1510. The quantitative estimate of drug-likeness (QED) is 0.234. The molecule has 0 unspecified atom stereocenters. The smallest absolute Gasteiger partial charge is 0.240 e. The standard InChI is InChI=1S/C41H64N6O4/c1-9-46-15-11-13-31(46)23-43-22-27-16-29(18-32(17-27)45(6)7)33-14-10-12-28(39(33)50-8)24-47-38(37(26(3)48)36(21-42)51-47)40(49)44-35-20-30-19-34(25(35)2)41(30,4)5/h10,12,14,16-18,25-26,30-31,34-38,43,48H,9,11,13,15,19-24,42H2,1-8H3,(H,44,49)/p+1/t25-,26-,30+,31+,34-,35-,36-,37+,38-/m0/s1. The predicted molar refractivity (Wildman–Crippen MR) is 203 cm³/mol. The number of rotatable bonds is 14. The minimum Gasteiger partial charge on any atom is -0.496 e. The van der Waals surface area contributed by atoms with Crippen molar-refractivity contribution in [3.8, 4) is 16.9 Å². The molecule has 2 heterocycles. The summed E-state index contributed by atoms with van der Waals surface area (Å²) in [5.74, 6) is 1.94. The van der Waals surface area contributed by atoms with Crippen molar-refractivity contribution in [2.75, 3.05) is 52.3 Å². The molecule has 282 valence electrons. The average Bonchev–Trinajstić information content (AvgIpc) is 3.72. The van der Waals surface area contributed by atoms with Crippen molar-refractivity contribution in [1.82, 2.24) is 20.6 Å². The van der Waals surface area contributed by atoms with Crippen LogP contribution in [-0.2, 0) is 22.7 Å². The number of likely N-dealkylation sites (tertiary alicyclic amines) is 1. The van der Waals surface area contributed by atoms with Crippen molar-refractivity contribution in [2.24, 2.45) is 29.1 Å². The first-order chi connectivity index (χ1) is 24.4. The molecule has 2 aromatic carbocycles. The van der Waals surface area contributed by atoms with Crippen LogP contribution in [0.1, 0.15) is 71.4 Å². The first-order valence-electron chi connectivity index (χ1n) is 19.5. The van der Waals surface area contributed by atoms with Gasteiger partial charge >= 0.3 is 0 Å². The maximum Gasteiger partial charge on any atom is 0.240 e. The van der Waals surface area contributed by atoms with Crippen LogP contribution in [0.25, 0.3) is 11.1 Å². The zero-order valence-electron chi connectivity index (χ0n) is 32.5. The average molecular weight is 706 g/mol. The van der Waals surface area contributed by atoms with E-state index in [1.807, 2.05) is 6.07 Å². The second-order valence-corrected chi connectivity index (χ2v) is 16.7. The van der Waals surface area contributed by atoms with Crippen LogP contribution >= 0.6 is 0 Å². The highest BCUT2D eigenvalue weighted by Crippen LogP contribution is 2.61. The summed E-state index contributed by atoms with van der Waals surface area (Å²) in [5, 5.41) is 20.0. The van der Waals surface area contributed by atoms with Crippen molar-refractivity contribution in [3.05, 3.63) is 47.5 Å². The third-order valence-corrected chi connectivity index (χ3v) is 13.2. The van der Waals surface area contributed by atoms with Crippen molar-refractivity contribution < 1.29 is 25.2 Å². The van der Waals surface area contributed by atoms with Gasteiger partial charge in [0.2, 0.25) is 5.91 Å². The first kappa shape index (κ1) is 38.0. The number of hydrogen-bond acceptors (Lipinski definition) is 8. The van der Waals surface area contributed by atoms with Crippen molar-refractivity contribution >= 4 is 11.6 Å². The lowest BCUT2D eigenvalue weighted by Gasteiger charge is -2.62. The maximum absolute atomic E-state index is 14.3. The lowest BCUT2D eigenvalue weighted by atomic mass is 9.45. The number of aliphatic hydroxyl groups is 1. The number of aliphatic hydroxyl groups excluding tert-OH is 1. The third kappa shape index (κ3) is 7.55. The van der Waals surface area contributed by atoms with Crippen LogP contribution in [0.5, 0.6) is 5.75 Å². The molecule has 3 aliphatic carbocycles. The molecule has 2 aliphatic heterocycles. The lowest BCUT2D eigenvalue weighted by molar-refractivity contribution is -0.395. The number of ether oxygens (including phenoxy) is 1. The highest BCUT2D eigenvalue weighted by Gasteiger charge is 2.57. The minimum absolute atomic E-state index is 0.0709. The second-order valence-electron chi connectivity index (χ2n) is 16.7. The number of fused-ring (bicyclic) bond motifs is 2. The van der Waals surface area contributed by atoms with Crippen LogP contribution in [0.4, 0.5) is 5.69 Å². The second kappa shape index (κ2) is 15.7. The molecule has 9 atom stereocenters. The fraction of sp³-hybridized carbons (Fsp3) is 0.683. The Hall–Kier alpha value is -2.73. The van der Waals surface area contributed by atoms with Crippen LogP contribution in [0, 0.1) is 29.1 Å². The van der Waals surface area contributed by atoms with Crippen LogP contribution in [0.15, 0.2) is 36.4 Å². The minimum atomic E-state index is -0.735. The van der Waals surface area contributed by atoms with E-state index in [9.17, 15) is 9.90 Å². The van der Waals surface area contributed by atoms with Gasteiger partial charge in [-0.05, 0) is 98.2 Å². The number of nitrogens with one attached hydrogen (secondary N) is 2. The fourth-order valence-corrected chi connectivity index (χ4v) is 10.0. The summed E-state index contributed by atoms with van der Waals surface area (Å²) in [6.45, 7) is 15.9. The number of quaternary nitrogens is 1. The first-order valence-corrected chi connectivity index (χ1v) is 19.5. The van der Waals surface area contributed by atoms with E-state index >= 15 is 0 Å². The summed E-state index contributed by atoms with van der Waals surface area (Å²) in [6, 6.07) is 13.0. The molecule has 2 bridgehead atoms. The summed E-state index contributed by atoms with van der Waals surface area (Å²) < 4.78 is 6.17. The number of nitrogens with zero attached hydrogens (tertiary/aromatic N) is 3. The molecule has 5 fully saturated rings. The molecule has 0 aromatic heterocycles.